The number of carbonyl (C=O) groups excluding carboxylic acids is 2. The average Bonchev–Trinajstić information content (AvgIpc) is 3.12. The van der Waals surface area contributed by atoms with Crippen LogP contribution in [0.4, 0.5) is 0 Å². The minimum Gasteiger partial charge on any atom is -0.463 e. The minimum atomic E-state index is -3.93. The molecule has 0 unspecified atom stereocenters. The topological polar surface area (TPSA) is 114 Å². The molecule has 0 saturated heterocycles. The van der Waals surface area contributed by atoms with Gasteiger partial charge in [0, 0.05) is 0 Å². The van der Waals surface area contributed by atoms with Crippen LogP contribution in [0.2, 0.25) is 0 Å². The molecule has 0 bridgehead atoms. The summed E-state index contributed by atoms with van der Waals surface area (Å²) in [5.74, 6) is -4.28. The summed E-state index contributed by atoms with van der Waals surface area (Å²) in [4.78, 5) is 24.3. The lowest BCUT2D eigenvalue weighted by Gasteiger charge is -2.21. The lowest BCUT2D eigenvalue weighted by molar-refractivity contribution is -0.199. The number of hydrogen-bond donors (Lipinski definition) is 0. The molecular formula is C21H22O9S. The lowest BCUT2D eigenvalue weighted by Crippen LogP contribution is -2.55. The number of ether oxygens (including phenoxy) is 4. The fourth-order valence-electron chi connectivity index (χ4n) is 3.04. The molecule has 0 amide bonds. The molecule has 0 spiro atoms. The molecule has 2 aromatic carbocycles. The van der Waals surface area contributed by atoms with Crippen molar-refractivity contribution in [3.8, 4) is 11.5 Å². The van der Waals surface area contributed by atoms with Gasteiger partial charge < -0.3 is 18.9 Å². The highest BCUT2D eigenvalue weighted by atomic mass is 32.2. The van der Waals surface area contributed by atoms with Crippen molar-refractivity contribution in [1.82, 2.24) is 0 Å². The largest absolute Gasteiger partial charge is 0.463 e. The summed E-state index contributed by atoms with van der Waals surface area (Å²) < 4.78 is 50.3. The molecule has 1 heterocycles. The number of esters is 2. The molecule has 1 aliphatic rings. The van der Waals surface area contributed by atoms with Gasteiger partial charge in [0.15, 0.2) is 11.5 Å². The number of aryl methyl sites for hydroxylation is 1. The van der Waals surface area contributed by atoms with Gasteiger partial charge in [-0.2, -0.15) is 8.42 Å². The predicted molar refractivity (Wildman–Crippen MR) is 107 cm³/mol. The molecule has 0 N–H and O–H groups in total. The van der Waals surface area contributed by atoms with E-state index in [1.165, 1.54) is 24.3 Å². The Balaban J connectivity index is 1.75. The molecule has 10 heteroatoms. The third kappa shape index (κ3) is 4.49. The van der Waals surface area contributed by atoms with E-state index in [1.54, 1.807) is 25.1 Å². The summed E-state index contributed by atoms with van der Waals surface area (Å²) in [6.45, 7) is 3.47. The normalized spacial score (nSPS) is 15.2. The van der Waals surface area contributed by atoms with Crippen LogP contribution in [-0.2, 0) is 39.8 Å². The molecule has 1 aliphatic heterocycles. The number of carbonyl (C=O) groups is 2. The van der Waals surface area contributed by atoms with Gasteiger partial charge in [0.1, 0.15) is 0 Å². The van der Waals surface area contributed by atoms with E-state index in [1.807, 2.05) is 6.92 Å². The van der Waals surface area contributed by atoms with Crippen molar-refractivity contribution in [1.29, 1.82) is 0 Å². The summed E-state index contributed by atoms with van der Waals surface area (Å²) in [5, 5.41) is 0. The lowest BCUT2D eigenvalue weighted by atomic mass is 10.1. The molecule has 0 aromatic heterocycles. The van der Waals surface area contributed by atoms with Gasteiger partial charge in [-0.05, 0) is 50.1 Å². The molecule has 9 nitrogen and oxygen atoms in total. The highest BCUT2D eigenvalue weighted by Crippen LogP contribution is 2.41. The van der Waals surface area contributed by atoms with Gasteiger partial charge in [0.2, 0.25) is 0 Å². The van der Waals surface area contributed by atoms with Gasteiger partial charge in [-0.3, -0.25) is 4.18 Å². The molecule has 2 aromatic rings. The maximum Gasteiger partial charge on any atom is 0.453 e. The second-order valence-electron chi connectivity index (χ2n) is 6.96. The smallest absolute Gasteiger partial charge is 0.453 e. The molecule has 166 valence electrons. The number of methoxy groups -OCH3 is 2. The van der Waals surface area contributed by atoms with Crippen molar-refractivity contribution in [2.75, 3.05) is 14.2 Å². The van der Waals surface area contributed by atoms with Crippen LogP contribution in [0.15, 0.2) is 47.4 Å². The first-order chi connectivity index (χ1) is 14.6. The molecule has 0 fully saturated rings. The van der Waals surface area contributed by atoms with Gasteiger partial charge in [0.05, 0.1) is 25.2 Å². The van der Waals surface area contributed by atoms with E-state index in [0.717, 1.165) is 19.8 Å². The summed E-state index contributed by atoms with van der Waals surface area (Å²) in [6, 6.07) is 11.0. The molecule has 0 radical (unpaired) electrons. The van der Waals surface area contributed by atoms with E-state index in [2.05, 4.69) is 9.47 Å². The van der Waals surface area contributed by atoms with Crippen LogP contribution in [-0.4, -0.2) is 46.5 Å². The SMILES string of the molecule is COC(=O)C1(C(=O)OC)Oc2ccc(C[C@@H](C)OS(=O)(=O)c3ccc(C)cc3)cc2O1. The highest BCUT2D eigenvalue weighted by molar-refractivity contribution is 7.86. The van der Waals surface area contributed by atoms with Crippen LogP contribution in [0.5, 0.6) is 11.5 Å². The van der Waals surface area contributed by atoms with Crippen molar-refractivity contribution >= 4 is 22.1 Å². The Labute approximate surface area is 179 Å². The van der Waals surface area contributed by atoms with E-state index in [9.17, 15) is 18.0 Å². The van der Waals surface area contributed by atoms with Crippen LogP contribution < -0.4 is 9.47 Å². The summed E-state index contributed by atoms with van der Waals surface area (Å²) >= 11 is 0. The fraction of sp³-hybridized carbons (Fsp3) is 0.333. The third-order valence-electron chi connectivity index (χ3n) is 4.55. The van der Waals surface area contributed by atoms with E-state index in [-0.39, 0.29) is 22.8 Å². The van der Waals surface area contributed by atoms with Crippen molar-refractivity contribution in [2.45, 2.75) is 37.1 Å². The highest BCUT2D eigenvalue weighted by Gasteiger charge is 2.59. The Bertz CT molecular complexity index is 1070. The van der Waals surface area contributed by atoms with Gasteiger partial charge in [-0.15, -0.1) is 0 Å². The number of benzene rings is 2. The molecule has 0 saturated carbocycles. The minimum absolute atomic E-state index is 0.0663. The maximum absolute atomic E-state index is 12.5. The Hall–Kier alpha value is -3.11. The monoisotopic (exact) mass is 450 g/mol. The zero-order valence-electron chi connectivity index (χ0n) is 17.4. The standard InChI is InChI=1S/C21H22O9S/c1-13-5-8-16(9-6-13)31(24,25)30-14(2)11-15-7-10-17-18(12-15)29-21(28-17,19(22)26-3)20(23)27-4/h5-10,12,14H,11H2,1-4H3/t14-/m1/s1. The maximum atomic E-state index is 12.5. The summed E-state index contributed by atoms with van der Waals surface area (Å²) in [7, 11) is -1.76. The van der Waals surface area contributed by atoms with Crippen LogP contribution in [0, 0.1) is 6.92 Å². The number of hydrogen-bond acceptors (Lipinski definition) is 9. The van der Waals surface area contributed by atoms with Crippen molar-refractivity contribution < 1.29 is 41.1 Å². The zero-order chi connectivity index (χ0) is 22.8. The van der Waals surface area contributed by atoms with E-state index >= 15 is 0 Å². The van der Waals surface area contributed by atoms with E-state index < -0.39 is 33.9 Å². The quantitative estimate of drug-likeness (QED) is 0.355. The first kappa shape index (κ1) is 22.6. The predicted octanol–water partition coefficient (Wildman–Crippen LogP) is 2.15. The van der Waals surface area contributed by atoms with Crippen molar-refractivity contribution in [2.24, 2.45) is 0 Å². The molecule has 31 heavy (non-hydrogen) atoms. The van der Waals surface area contributed by atoms with Gasteiger partial charge in [0.25, 0.3) is 10.1 Å². The van der Waals surface area contributed by atoms with Crippen molar-refractivity contribution in [3.05, 3.63) is 53.6 Å². The number of rotatable bonds is 7. The fourth-order valence-corrected chi connectivity index (χ4v) is 4.12. The van der Waals surface area contributed by atoms with E-state index in [4.69, 9.17) is 13.7 Å². The second-order valence-corrected chi connectivity index (χ2v) is 8.54. The summed E-state index contributed by atoms with van der Waals surface area (Å²) in [6.07, 6.45) is -0.483. The van der Waals surface area contributed by atoms with Gasteiger partial charge in [-0.25, -0.2) is 9.59 Å². The zero-order valence-corrected chi connectivity index (χ0v) is 18.2. The number of fused-ring (bicyclic) bond motifs is 1. The van der Waals surface area contributed by atoms with Gasteiger partial charge >= 0.3 is 17.7 Å². The van der Waals surface area contributed by atoms with Crippen LogP contribution in [0.3, 0.4) is 0 Å². The van der Waals surface area contributed by atoms with E-state index in [0.29, 0.717) is 5.56 Å². The Morgan fingerprint density at radius 1 is 0.968 bits per heavy atom. The first-order valence-electron chi connectivity index (χ1n) is 9.29. The van der Waals surface area contributed by atoms with Gasteiger partial charge in [-0.1, -0.05) is 23.8 Å². The van der Waals surface area contributed by atoms with Crippen LogP contribution >= 0.6 is 0 Å². The third-order valence-corrected chi connectivity index (χ3v) is 5.98. The Kier molecular flexibility index (Phi) is 6.23. The molecular weight excluding hydrogens is 428 g/mol. The Morgan fingerprint density at radius 2 is 1.55 bits per heavy atom. The molecule has 1 atom stereocenters. The molecule has 0 aliphatic carbocycles. The Morgan fingerprint density at radius 3 is 2.13 bits per heavy atom. The molecule has 3 rings (SSSR count). The summed E-state index contributed by atoms with van der Waals surface area (Å²) in [5.41, 5.74) is 1.57. The van der Waals surface area contributed by atoms with Crippen molar-refractivity contribution in [3.63, 3.8) is 0 Å². The van der Waals surface area contributed by atoms with Crippen LogP contribution in [0.1, 0.15) is 18.1 Å². The average molecular weight is 450 g/mol. The second kappa shape index (κ2) is 8.56. The first-order valence-corrected chi connectivity index (χ1v) is 10.7. The van der Waals surface area contributed by atoms with Crippen LogP contribution in [0.25, 0.3) is 0 Å².